The van der Waals surface area contributed by atoms with Gasteiger partial charge in [-0.3, -0.25) is 4.68 Å². The van der Waals surface area contributed by atoms with Gasteiger partial charge in [0.15, 0.2) is 0 Å². The monoisotopic (exact) mass is 257 g/mol. The van der Waals surface area contributed by atoms with Crippen LogP contribution in [0.25, 0.3) is 0 Å². The molecule has 4 nitrogen and oxygen atoms in total. The fraction of sp³-hybridized carbons (Fsp3) is 0.400. The number of hydrogen-bond acceptors (Lipinski definition) is 3. The Kier molecular flexibility index (Phi) is 3.51. The van der Waals surface area contributed by atoms with Gasteiger partial charge in [-0.05, 0) is 30.7 Å². The summed E-state index contributed by atoms with van der Waals surface area (Å²) in [6, 6.07) is 6.51. The second-order valence-corrected chi connectivity index (χ2v) is 4.93. The fourth-order valence-electron chi connectivity index (χ4n) is 2.46. The molecule has 0 spiro atoms. The second kappa shape index (κ2) is 5.45. The van der Waals surface area contributed by atoms with Crippen molar-refractivity contribution >= 4 is 0 Å². The summed E-state index contributed by atoms with van der Waals surface area (Å²) in [5, 5.41) is 7.51. The van der Waals surface area contributed by atoms with E-state index in [1.807, 2.05) is 17.9 Å². The molecule has 1 aromatic heterocycles. The van der Waals surface area contributed by atoms with E-state index in [1.165, 1.54) is 16.7 Å². The third-order valence-corrected chi connectivity index (χ3v) is 3.45. The Morgan fingerprint density at radius 1 is 1.37 bits per heavy atom. The summed E-state index contributed by atoms with van der Waals surface area (Å²) in [5.74, 6) is 1.05. The topological polar surface area (TPSA) is 39.1 Å². The Balaban J connectivity index is 1.62. The predicted octanol–water partition coefficient (Wildman–Crippen LogP) is 1.78. The zero-order valence-electron chi connectivity index (χ0n) is 11.2. The highest BCUT2D eigenvalue weighted by Crippen LogP contribution is 2.26. The predicted molar refractivity (Wildman–Crippen MR) is 74.3 cm³/mol. The molecule has 0 atom stereocenters. The second-order valence-electron chi connectivity index (χ2n) is 4.93. The minimum atomic E-state index is 0.825. The molecule has 0 fully saturated rings. The quantitative estimate of drug-likeness (QED) is 0.887. The van der Waals surface area contributed by atoms with Crippen LogP contribution in [0.2, 0.25) is 0 Å². The normalized spacial score (nSPS) is 13.3. The molecule has 0 aliphatic carbocycles. The SMILES string of the molecule is CNCc1cnn(CCc2ccc3c(c2)CCO3)c1. The lowest BCUT2D eigenvalue weighted by molar-refractivity contribution is 0.357. The number of nitrogens with zero attached hydrogens (tertiary/aromatic N) is 2. The molecule has 0 saturated carbocycles. The molecule has 1 N–H and O–H groups in total. The van der Waals surface area contributed by atoms with Crippen LogP contribution in [0.5, 0.6) is 5.75 Å². The van der Waals surface area contributed by atoms with Gasteiger partial charge in [0, 0.05) is 31.3 Å². The van der Waals surface area contributed by atoms with Gasteiger partial charge in [-0.25, -0.2) is 0 Å². The van der Waals surface area contributed by atoms with Gasteiger partial charge in [-0.2, -0.15) is 5.10 Å². The van der Waals surface area contributed by atoms with Gasteiger partial charge in [0.1, 0.15) is 5.75 Å². The van der Waals surface area contributed by atoms with E-state index in [4.69, 9.17) is 4.74 Å². The molecule has 2 aromatic rings. The first kappa shape index (κ1) is 12.2. The molecular weight excluding hydrogens is 238 g/mol. The van der Waals surface area contributed by atoms with Gasteiger partial charge in [0.2, 0.25) is 0 Å². The van der Waals surface area contributed by atoms with Gasteiger partial charge in [0.05, 0.1) is 12.8 Å². The van der Waals surface area contributed by atoms with Crippen molar-refractivity contribution in [3.05, 3.63) is 47.3 Å². The van der Waals surface area contributed by atoms with E-state index < -0.39 is 0 Å². The minimum absolute atomic E-state index is 0.825. The first-order chi connectivity index (χ1) is 9.35. The third kappa shape index (κ3) is 2.79. The molecule has 100 valence electrons. The van der Waals surface area contributed by atoms with Gasteiger partial charge >= 0.3 is 0 Å². The van der Waals surface area contributed by atoms with E-state index in [0.717, 1.165) is 38.3 Å². The van der Waals surface area contributed by atoms with Crippen LogP contribution in [0, 0.1) is 0 Å². The van der Waals surface area contributed by atoms with Crippen molar-refractivity contribution in [3.63, 3.8) is 0 Å². The Hall–Kier alpha value is -1.81. The Labute approximate surface area is 113 Å². The van der Waals surface area contributed by atoms with Gasteiger partial charge < -0.3 is 10.1 Å². The van der Waals surface area contributed by atoms with Crippen LogP contribution < -0.4 is 10.1 Å². The van der Waals surface area contributed by atoms with Gasteiger partial charge in [-0.15, -0.1) is 0 Å². The lowest BCUT2D eigenvalue weighted by Gasteiger charge is -2.04. The molecule has 0 bridgehead atoms. The van der Waals surface area contributed by atoms with Crippen LogP contribution in [0.15, 0.2) is 30.6 Å². The molecule has 0 saturated heterocycles. The van der Waals surface area contributed by atoms with Gasteiger partial charge in [-0.1, -0.05) is 12.1 Å². The third-order valence-electron chi connectivity index (χ3n) is 3.45. The number of fused-ring (bicyclic) bond motifs is 1. The number of aryl methyl sites for hydroxylation is 2. The van der Waals surface area contributed by atoms with Crippen LogP contribution >= 0.6 is 0 Å². The number of aromatic nitrogens is 2. The summed E-state index contributed by atoms with van der Waals surface area (Å²) in [6.45, 7) is 2.62. The Morgan fingerprint density at radius 3 is 3.21 bits per heavy atom. The van der Waals surface area contributed by atoms with Crippen molar-refractivity contribution in [3.8, 4) is 5.75 Å². The lowest BCUT2D eigenvalue weighted by atomic mass is 10.1. The average molecular weight is 257 g/mol. The molecule has 1 aromatic carbocycles. The van der Waals surface area contributed by atoms with Crippen LogP contribution in [-0.4, -0.2) is 23.4 Å². The highest BCUT2D eigenvalue weighted by Gasteiger charge is 2.11. The summed E-state index contributed by atoms with van der Waals surface area (Å²) in [4.78, 5) is 0. The molecule has 1 aliphatic rings. The smallest absolute Gasteiger partial charge is 0.122 e. The van der Waals surface area contributed by atoms with Crippen LogP contribution in [-0.2, 0) is 25.9 Å². The Morgan fingerprint density at radius 2 is 2.32 bits per heavy atom. The van der Waals surface area contributed by atoms with E-state index in [1.54, 1.807) is 0 Å². The molecule has 0 unspecified atom stereocenters. The van der Waals surface area contributed by atoms with Crippen molar-refractivity contribution in [2.75, 3.05) is 13.7 Å². The zero-order valence-corrected chi connectivity index (χ0v) is 11.2. The summed E-state index contributed by atoms with van der Waals surface area (Å²) in [5.41, 5.74) is 3.92. The van der Waals surface area contributed by atoms with Crippen LogP contribution in [0.1, 0.15) is 16.7 Å². The standard InChI is InChI=1S/C15H19N3O/c1-16-9-13-10-17-18(11-13)6-4-12-2-3-15-14(8-12)5-7-19-15/h2-3,8,10-11,16H,4-7,9H2,1H3. The first-order valence-corrected chi connectivity index (χ1v) is 6.76. The highest BCUT2D eigenvalue weighted by atomic mass is 16.5. The summed E-state index contributed by atoms with van der Waals surface area (Å²) >= 11 is 0. The lowest BCUT2D eigenvalue weighted by Crippen LogP contribution is -2.04. The van der Waals surface area contributed by atoms with Crippen LogP contribution in [0.3, 0.4) is 0 Å². The van der Waals surface area contributed by atoms with Crippen molar-refractivity contribution in [2.45, 2.75) is 25.9 Å². The number of hydrogen-bond donors (Lipinski definition) is 1. The molecule has 3 rings (SSSR count). The maximum absolute atomic E-state index is 5.52. The minimum Gasteiger partial charge on any atom is -0.493 e. The molecule has 1 aliphatic heterocycles. The maximum atomic E-state index is 5.52. The van der Waals surface area contributed by atoms with E-state index >= 15 is 0 Å². The van der Waals surface area contributed by atoms with Crippen LogP contribution in [0.4, 0.5) is 0 Å². The summed E-state index contributed by atoms with van der Waals surface area (Å²) in [6.07, 6.45) is 6.07. The molecular formula is C15H19N3O. The van der Waals surface area contributed by atoms with Crippen molar-refractivity contribution in [2.24, 2.45) is 0 Å². The molecule has 0 amide bonds. The Bertz CT molecular complexity index is 562. The summed E-state index contributed by atoms with van der Waals surface area (Å²) < 4.78 is 7.53. The van der Waals surface area contributed by atoms with Gasteiger partial charge in [0.25, 0.3) is 0 Å². The summed E-state index contributed by atoms with van der Waals surface area (Å²) in [7, 11) is 1.95. The molecule has 4 heteroatoms. The zero-order chi connectivity index (χ0) is 13.1. The van der Waals surface area contributed by atoms with E-state index in [-0.39, 0.29) is 0 Å². The maximum Gasteiger partial charge on any atom is 0.122 e. The molecule has 2 heterocycles. The largest absolute Gasteiger partial charge is 0.493 e. The molecule has 19 heavy (non-hydrogen) atoms. The fourth-order valence-corrected chi connectivity index (χ4v) is 2.46. The van der Waals surface area contributed by atoms with E-state index in [0.29, 0.717) is 0 Å². The van der Waals surface area contributed by atoms with E-state index in [2.05, 4.69) is 34.8 Å². The van der Waals surface area contributed by atoms with Crippen molar-refractivity contribution in [1.82, 2.24) is 15.1 Å². The van der Waals surface area contributed by atoms with Crippen molar-refractivity contribution in [1.29, 1.82) is 0 Å². The number of benzene rings is 1. The van der Waals surface area contributed by atoms with Crippen molar-refractivity contribution < 1.29 is 4.74 Å². The first-order valence-electron chi connectivity index (χ1n) is 6.76. The number of nitrogens with one attached hydrogen (secondary N) is 1. The number of rotatable bonds is 5. The number of ether oxygens (including phenoxy) is 1. The average Bonchev–Trinajstić information content (AvgIpc) is 3.04. The van der Waals surface area contributed by atoms with E-state index in [9.17, 15) is 0 Å². The highest BCUT2D eigenvalue weighted by molar-refractivity contribution is 5.39. The molecule has 0 radical (unpaired) electrons.